The van der Waals surface area contributed by atoms with Gasteiger partial charge in [-0.2, -0.15) is 0 Å². The van der Waals surface area contributed by atoms with Crippen molar-refractivity contribution in [3.8, 4) is 0 Å². The number of rotatable bonds is 18. The Morgan fingerprint density at radius 3 is 1.80 bits per heavy atom. The quantitative estimate of drug-likeness (QED) is 0.0723. The van der Waals surface area contributed by atoms with Crippen LogP contribution in [0.3, 0.4) is 0 Å². The number of aliphatic hydroxyl groups is 1. The highest BCUT2D eigenvalue weighted by Gasteiger charge is 2.37. The van der Waals surface area contributed by atoms with Gasteiger partial charge in [0, 0.05) is 6.42 Å². The van der Waals surface area contributed by atoms with Crippen molar-refractivity contribution >= 4 is 47.3 Å². The molecule has 0 bridgehead atoms. The lowest BCUT2D eigenvalue weighted by Gasteiger charge is -2.30. The van der Waals surface area contributed by atoms with Gasteiger partial charge in [0.05, 0.1) is 25.0 Å². The van der Waals surface area contributed by atoms with E-state index in [0.29, 0.717) is 5.56 Å². The summed E-state index contributed by atoms with van der Waals surface area (Å²) in [5, 5.41) is 31.0. The summed E-state index contributed by atoms with van der Waals surface area (Å²) in [5.74, 6) is -7.97. The summed E-state index contributed by atoms with van der Waals surface area (Å²) < 4.78 is 0. The monoisotopic (exact) mass is 650 g/mol. The molecule has 0 saturated carbocycles. The van der Waals surface area contributed by atoms with Gasteiger partial charge in [0.2, 0.25) is 41.4 Å². The smallest absolute Gasteiger partial charge is 0.326 e. The average molecular weight is 651 g/mol. The molecule has 1 rings (SSSR count). The maximum Gasteiger partial charge on any atom is 0.326 e. The number of nitrogens with two attached hydrogens (primary N) is 3. The molecule has 0 spiro atoms. The molecule has 46 heavy (non-hydrogen) atoms. The molecule has 1 aromatic carbocycles. The van der Waals surface area contributed by atoms with Gasteiger partial charge in [0.25, 0.3) is 0 Å². The van der Waals surface area contributed by atoms with Crippen LogP contribution in [-0.4, -0.2) is 99.4 Å². The van der Waals surface area contributed by atoms with E-state index in [0.717, 1.165) is 0 Å². The summed E-state index contributed by atoms with van der Waals surface area (Å²) in [6, 6.07) is 1.14. The number of hydrogen-bond acceptors (Lipinski definition) is 10. The number of carboxylic acids is 1. The standard InChI is InChI=1S/C28H42N8O10/c1-13(32-27(46)28(3,4)36-25(43)21(14(2)37)35-23(41)16(29)11-19(30)38)22(40)33-17(10-15-8-6-5-7-9-15)24(42)34-18(26(44)45)12-20(31)39/h5-9,13-14,16-18,21,37H,10-12,29H2,1-4H3,(H2,30,38)(H2,31,39)(H,32,46)(H,33,40)(H,34,42)(H,35,41)(H,36,43)(H,44,45)/t13-,14+,16-,17-,18-,21-/m0/s1. The molecule has 13 N–H and O–H groups in total. The predicted molar refractivity (Wildman–Crippen MR) is 161 cm³/mol. The number of nitrogens with one attached hydrogen (secondary N) is 5. The van der Waals surface area contributed by atoms with Crippen molar-refractivity contribution in [2.45, 2.75) is 88.8 Å². The molecule has 0 fully saturated rings. The first-order valence-corrected chi connectivity index (χ1v) is 14.1. The zero-order valence-corrected chi connectivity index (χ0v) is 25.9. The molecule has 18 nitrogen and oxygen atoms in total. The fourth-order valence-electron chi connectivity index (χ4n) is 3.89. The van der Waals surface area contributed by atoms with Crippen LogP contribution in [0, 0.1) is 0 Å². The third kappa shape index (κ3) is 12.9. The zero-order valence-electron chi connectivity index (χ0n) is 25.9. The average Bonchev–Trinajstić information content (AvgIpc) is 2.94. The van der Waals surface area contributed by atoms with Crippen molar-refractivity contribution in [1.82, 2.24) is 26.6 Å². The Hall–Kier alpha value is -5.10. The molecule has 6 atom stereocenters. The van der Waals surface area contributed by atoms with Crippen molar-refractivity contribution in [2.24, 2.45) is 17.2 Å². The van der Waals surface area contributed by atoms with Crippen LogP contribution in [0.15, 0.2) is 30.3 Å². The molecular weight excluding hydrogens is 608 g/mol. The lowest BCUT2D eigenvalue weighted by Crippen LogP contribution is -2.64. The predicted octanol–water partition coefficient (Wildman–Crippen LogP) is -4.37. The molecule has 0 aliphatic heterocycles. The first-order valence-electron chi connectivity index (χ1n) is 14.1. The number of carbonyl (C=O) groups is 8. The van der Waals surface area contributed by atoms with Gasteiger partial charge in [0.15, 0.2) is 0 Å². The molecule has 0 radical (unpaired) electrons. The summed E-state index contributed by atoms with van der Waals surface area (Å²) in [4.78, 5) is 98.2. The van der Waals surface area contributed by atoms with Crippen LogP contribution in [0.4, 0.5) is 0 Å². The Morgan fingerprint density at radius 2 is 1.30 bits per heavy atom. The molecule has 0 aliphatic rings. The highest BCUT2D eigenvalue weighted by Crippen LogP contribution is 2.08. The summed E-state index contributed by atoms with van der Waals surface area (Å²) in [6.45, 7) is 5.04. The van der Waals surface area contributed by atoms with Crippen molar-refractivity contribution in [3.63, 3.8) is 0 Å². The SMILES string of the molecule is C[C@H](NC(=O)C(C)(C)NC(=O)[C@@H](NC(=O)[C@@H](N)CC(N)=O)[C@@H](C)O)C(=O)N[C@@H](Cc1ccccc1)C(=O)N[C@@H](CC(N)=O)C(=O)O. The second-order valence-corrected chi connectivity index (χ2v) is 11.1. The maximum atomic E-state index is 13.1. The number of aliphatic carboxylic acids is 1. The van der Waals surface area contributed by atoms with Gasteiger partial charge in [-0.3, -0.25) is 33.6 Å². The van der Waals surface area contributed by atoms with Crippen LogP contribution in [0.1, 0.15) is 46.1 Å². The lowest BCUT2D eigenvalue weighted by atomic mass is 10.0. The van der Waals surface area contributed by atoms with E-state index in [4.69, 9.17) is 17.2 Å². The van der Waals surface area contributed by atoms with Gasteiger partial charge in [0.1, 0.15) is 29.7 Å². The van der Waals surface area contributed by atoms with E-state index >= 15 is 0 Å². The molecule has 0 saturated heterocycles. The van der Waals surface area contributed by atoms with E-state index in [9.17, 15) is 48.6 Å². The normalized spacial score (nSPS) is 15.0. The van der Waals surface area contributed by atoms with Gasteiger partial charge in [-0.1, -0.05) is 30.3 Å². The van der Waals surface area contributed by atoms with Crippen molar-refractivity contribution in [2.75, 3.05) is 0 Å². The number of primary amides is 2. The minimum absolute atomic E-state index is 0.0842. The van der Waals surface area contributed by atoms with E-state index < -0.39 is 102 Å². The lowest BCUT2D eigenvalue weighted by molar-refractivity contribution is -0.143. The molecule has 1 aromatic rings. The third-order valence-corrected chi connectivity index (χ3v) is 6.50. The van der Waals surface area contributed by atoms with E-state index in [2.05, 4.69) is 26.6 Å². The highest BCUT2D eigenvalue weighted by atomic mass is 16.4. The summed E-state index contributed by atoms with van der Waals surface area (Å²) in [6.07, 6.45) is -2.75. The second kappa shape index (κ2) is 17.4. The molecular formula is C28H42N8O10. The molecule has 254 valence electrons. The third-order valence-electron chi connectivity index (χ3n) is 6.50. The van der Waals surface area contributed by atoms with E-state index in [1.165, 1.54) is 27.7 Å². The molecule has 0 aliphatic carbocycles. The molecule has 0 unspecified atom stereocenters. The summed E-state index contributed by atoms with van der Waals surface area (Å²) in [7, 11) is 0. The Labute approximate surface area is 264 Å². The van der Waals surface area contributed by atoms with Crippen LogP contribution < -0.4 is 43.8 Å². The Bertz CT molecular complexity index is 1300. The van der Waals surface area contributed by atoms with Gasteiger partial charge in [-0.25, -0.2) is 4.79 Å². The van der Waals surface area contributed by atoms with Crippen molar-refractivity contribution in [1.29, 1.82) is 0 Å². The first-order chi connectivity index (χ1) is 21.2. The Morgan fingerprint density at radius 1 is 0.761 bits per heavy atom. The second-order valence-electron chi connectivity index (χ2n) is 11.1. The number of hydrogen-bond donors (Lipinski definition) is 10. The van der Waals surface area contributed by atoms with E-state index in [-0.39, 0.29) is 6.42 Å². The number of carbonyl (C=O) groups excluding carboxylic acids is 7. The minimum atomic E-state index is -1.72. The summed E-state index contributed by atoms with van der Waals surface area (Å²) >= 11 is 0. The largest absolute Gasteiger partial charge is 0.480 e. The van der Waals surface area contributed by atoms with Crippen LogP contribution in [0.5, 0.6) is 0 Å². The fraction of sp³-hybridized carbons (Fsp3) is 0.500. The number of aliphatic hydroxyl groups excluding tert-OH is 1. The summed E-state index contributed by atoms with van der Waals surface area (Å²) in [5.41, 5.74) is 14.6. The number of carboxylic acid groups (broad SMARTS) is 1. The van der Waals surface area contributed by atoms with E-state index in [1.807, 2.05) is 0 Å². The van der Waals surface area contributed by atoms with Crippen LogP contribution in [0.2, 0.25) is 0 Å². The molecule has 0 heterocycles. The van der Waals surface area contributed by atoms with Crippen molar-refractivity contribution < 1.29 is 48.6 Å². The topological polar surface area (TPSA) is 315 Å². The molecule has 0 aromatic heterocycles. The number of benzene rings is 1. The van der Waals surface area contributed by atoms with Crippen molar-refractivity contribution in [3.05, 3.63) is 35.9 Å². The highest BCUT2D eigenvalue weighted by molar-refractivity contribution is 5.98. The van der Waals surface area contributed by atoms with Gasteiger partial charge in [-0.15, -0.1) is 0 Å². The molecule has 18 heteroatoms. The Kier molecular flexibility index (Phi) is 14.7. The first kappa shape index (κ1) is 38.9. The van der Waals surface area contributed by atoms with E-state index in [1.54, 1.807) is 30.3 Å². The fourth-order valence-corrected chi connectivity index (χ4v) is 3.89. The Balaban J connectivity index is 3.01. The maximum absolute atomic E-state index is 13.1. The minimum Gasteiger partial charge on any atom is -0.480 e. The molecule has 7 amide bonds. The van der Waals surface area contributed by atoms with Crippen LogP contribution >= 0.6 is 0 Å². The van der Waals surface area contributed by atoms with Gasteiger partial charge < -0.3 is 54.0 Å². The van der Waals surface area contributed by atoms with Crippen LogP contribution in [0.25, 0.3) is 0 Å². The van der Waals surface area contributed by atoms with Gasteiger partial charge in [-0.05, 0) is 33.3 Å². The van der Waals surface area contributed by atoms with Crippen LogP contribution in [-0.2, 0) is 44.8 Å². The number of amides is 7. The van der Waals surface area contributed by atoms with Gasteiger partial charge >= 0.3 is 5.97 Å². The zero-order chi connectivity index (χ0) is 35.4.